The van der Waals surface area contributed by atoms with E-state index in [0.717, 1.165) is 89.9 Å². The van der Waals surface area contributed by atoms with Crippen molar-refractivity contribution in [3.05, 3.63) is 0 Å². The Morgan fingerprint density at radius 3 is 0.641 bits per heavy atom. The van der Waals surface area contributed by atoms with Crippen LogP contribution in [0.15, 0.2) is 0 Å². The summed E-state index contributed by atoms with van der Waals surface area (Å²) in [7, 11) is -9.90. The second-order valence-corrected chi connectivity index (χ2v) is 29.2. The first-order valence-electron chi connectivity index (χ1n) is 38.3. The van der Waals surface area contributed by atoms with Crippen LogP contribution in [0.1, 0.15) is 387 Å². The normalized spacial score (nSPS) is 13.9. The topological polar surface area (TPSA) is 237 Å². The average Bonchev–Trinajstić information content (AvgIpc) is 1.56. The van der Waals surface area contributed by atoms with E-state index in [1.165, 1.54) is 218 Å². The zero-order chi connectivity index (χ0) is 67.5. The first-order valence-corrected chi connectivity index (χ1v) is 41.3. The molecule has 546 valence electrons. The Hall–Kier alpha value is -1.94. The predicted octanol–water partition coefficient (Wildman–Crippen LogP) is 21.4. The van der Waals surface area contributed by atoms with Crippen molar-refractivity contribution in [2.75, 3.05) is 39.6 Å². The second kappa shape index (κ2) is 67.6. The van der Waals surface area contributed by atoms with Crippen LogP contribution in [-0.2, 0) is 65.4 Å². The summed E-state index contributed by atoms with van der Waals surface area (Å²) in [4.78, 5) is 72.5. The van der Waals surface area contributed by atoms with Gasteiger partial charge in [0.25, 0.3) is 0 Å². The fraction of sp³-hybridized carbons (Fsp3) is 0.945. The average molecular weight is 1350 g/mol. The summed E-state index contributed by atoms with van der Waals surface area (Å²) in [5.74, 6) is -2.12. The number of hydrogen-bond donors (Lipinski definition) is 3. The van der Waals surface area contributed by atoms with Crippen molar-refractivity contribution in [2.24, 2.45) is 0 Å². The van der Waals surface area contributed by atoms with Gasteiger partial charge >= 0.3 is 39.5 Å². The van der Waals surface area contributed by atoms with E-state index in [0.29, 0.717) is 25.7 Å². The Kier molecular flexibility index (Phi) is 66.2. The quantitative estimate of drug-likeness (QED) is 0.0222. The number of esters is 4. The molecular weight excluding hydrogens is 1210 g/mol. The smallest absolute Gasteiger partial charge is 0.462 e. The molecule has 2 unspecified atom stereocenters. The highest BCUT2D eigenvalue weighted by molar-refractivity contribution is 7.47. The lowest BCUT2D eigenvalue weighted by atomic mass is 10.0. The van der Waals surface area contributed by atoms with Crippen LogP contribution in [0.4, 0.5) is 0 Å². The van der Waals surface area contributed by atoms with Crippen LogP contribution in [0.2, 0.25) is 0 Å². The molecule has 5 atom stereocenters. The fourth-order valence-electron chi connectivity index (χ4n) is 11.2. The Balaban J connectivity index is 5.12. The van der Waals surface area contributed by atoms with Crippen LogP contribution < -0.4 is 0 Å². The minimum absolute atomic E-state index is 0.107. The number of rotatable bonds is 74. The number of ether oxygens (including phenoxy) is 4. The van der Waals surface area contributed by atoms with Crippen LogP contribution in [0, 0.1) is 0 Å². The molecule has 19 heteroatoms. The highest BCUT2D eigenvalue weighted by Gasteiger charge is 2.30. The lowest BCUT2D eigenvalue weighted by Gasteiger charge is -2.21. The number of phosphoric acid groups is 2. The SMILES string of the molecule is CCCCCCCCCCCCCCCCCCCCCCCCC(=O)O[C@H](COC(=O)CCCCCCCCCCCC)COP(=O)(O)OC[C@@H](O)COP(=O)(O)OC[C@@H](COC(=O)CCCCCCCCCCCC)OC(=O)CCCCCCCCCCCC. The minimum Gasteiger partial charge on any atom is -0.462 e. The van der Waals surface area contributed by atoms with Gasteiger partial charge in [0.15, 0.2) is 12.2 Å². The molecule has 0 aliphatic rings. The molecule has 3 N–H and O–H groups in total. The van der Waals surface area contributed by atoms with Crippen LogP contribution >= 0.6 is 15.6 Å². The summed E-state index contributed by atoms with van der Waals surface area (Å²) in [5.41, 5.74) is 0. The van der Waals surface area contributed by atoms with Crippen LogP contribution in [-0.4, -0.2) is 96.7 Å². The van der Waals surface area contributed by atoms with Gasteiger partial charge in [0.2, 0.25) is 0 Å². The van der Waals surface area contributed by atoms with E-state index < -0.39 is 97.5 Å². The largest absolute Gasteiger partial charge is 0.472 e. The van der Waals surface area contributed by atoms with E-state index in [1.54, 1.807) is 0 Å². The molecule has 0 amide bonds. The van der Waals surface area contributed by atoms with Gasteiger partial charge in [-0.3, -0.25) is 37.3 Å². The van der Waals surface area contributed by atoms with E-state index in [4.69, 9.17) is 37.0 Å². The number of carbonyl (C=O) groups is 4. The Morgan fingerprint density at radius 1 is 0.261 bits per heavy atom. The summed E-state index contributed by atoms with van der Waals surface area (Å²) >= 11 is 0. The summed E-state index contributed by atoms with van der Waals surface area (Å²) < 4.78 is 68.3. The number of unbranched alkanes of at least 4 members (excludes halogenated alkanes) is 48. The molecule has 0 saturated carbocycles. The molecule has 0 aliphatic carbocycles. The molecule has 0 aromatic heterocycles. The highest BCUT2D eigenvalue weighted by Crippen LogP contribution is 2.45. The first-order chi connectivity index (χ1) is 44.7. The summed E-state index contributed by atoms with van der Waals surface area (Å²) in [5, 5.41) is 10.6. The van der Waals surface area contributed by atoms with Gasteiger partial charge in [0.05, 0.1) is 26.4 Å². The standard InChI is InChI=1S/C73H142O17P2/c1-5-9-13-17-21-25-29-30-31-32-33-34-35-36-37-38-39-40-44-48-52-56-60-73(78)90-69(64-84-71(76)58-54-50-46-42-27-23-19-15-11-7-3)66-88-92(81,82)86-62-67(74)61-85-91(79,80)87-65-68(89-72(77)59-55-51-47-43-28-24-20-16-12-8-4)63-83-70(75)57-53-49-45-41-26-22-18-14-10-6-2/h67-69,74H,5-66H2,1-4H3,(H,79,80)(H,81,82)/t67-,68+,69+/m0/s1. The molecule has 0 aromatic rings. The number of hydrogen-bond acceptors (Lipinski definition) is 15. The minimum atomic E-state index is -4.95. The van der Waals surface area contributed by atoms with Gasteiger partial charge < -0.3 is 33.8 Å². The van der Waals surface area contributed by atoms with Gasteiger partial charge in [-0.1, -0.05) is 336 Å². The van der Waals surface area contributed by atoms with E-state index in [2.05, 4.69) is 27.7 Å². The first kappa shape index (κ1) is 90.1. The third-order valence-electron chi connectivity index (χ3n) is 17.1. The summed E-state index contributed by atoms with van der Waals surface area (Å²) in [6, 6.07) is 0. The molecule has 0 radical (unpaired) electrons. The van der Waals surface area contributed by atoms with E-state index in [9.17, 15) is 43.2 Å². The van der Waals surface area contributed by atoms with Crippen molar-refractivity contribution >= 4 is 39.5 Å². The summed E-state index contributed by atoms with van der Waals surface area (Å²) in [6.45, 7) is 4.93. The van der Waals surface area contributed by atoms with Gasteiger partial charge in [0.1, 0.15) is 19.3 Å². The van der Waals surface area contributed by atoms with Gasteiger partial charge in [-0.05, 0) is 25.7 Å². The van der Waals surface area contributed by atoms with Crippen LogP contribution in [0.25, 0.3) is 0 Å². The Bertz CT molecular complexity index is 1760. The van der Waals surface area contributed by atoms with E-state index in [1.807, 2.05) is 0 Å². The molecule has 0 bridgehead atoms. The van der Waals surface area contributed by atoms with E-state index in [-0.39, 0.29) is 25.7 Å². The fourth-order valence-corrected chi connectivity index (χ4v) is 12.8. The second-order valence-electron chi connectivity index (χ2n) is 26.3. The molecule has 0 rings (SSSR count). The molecule has 0 fully saturated rings. The zero-order valence-electron chi connectivity index (χ0n) is 59.5. The zero-order valence-corrected chi connectivity index (χ0v) is 61.3. The number of aliphatic hydroxyl groups is 1. The van der Waals surface area contributed by atoms with Gasteiger partial charge in [-0.15, -0.1) is 0 Å². The lowest BCUT2D eigenvalue weighted by Crippen LogP contribution is -2.30. The van der Waals surface area contributed by atoms with Crippen molar-refractivity contribution < 1.29 is 80.2 Å². The molecule has 0 heterocycles. The molecule has 0 spiro atoms. The van der Waals surface area contributed by atoms with Crippen molar-refractivity contribution in [2.45, 2.75) is 406 Å². The molecular formula is C73H142O17P2. The van der Waals surface area contributed by atoms with Crippen molar-refractivity contribution in [1.29, 1.82) is 0 Å². The van der Waals surface area contributed by atoms with Gasteiger partial charge in [-0.2, -0.15) is 0 Å². The summed E-state index contributed by atoms with van der Waals surface area (Å²) in [6.07, 6.45) is 57.0. The maximum Gasteiger partial charge on any atom is 0.472 e. The maximum atomic E-state index is 13.0. The third kappa shape index (κ3) is 66.7. The predicted molar refractivity (Wildman–Crippen MR) is 372 cm³/mol. The third-order valence-corrected chi connectivity index (χ3v) is 19.0. The Labute approximate surface area is 562 Å². The molecule has 0 aliphatic heterocycles. The molecule has 17 nitrogen and oxygen atoms in total. The lowest BCUT2D eigenvalue weighted by molar-refractivity contribution is -0.161. The monoisotopic (exact) mass is 1350 g/mol. The van der Waals surface area contributed by atoms with Gasteiger partial charge in [-0.25, -0.2) is 9.13 Å². The maximum absolute atomic E-state index is 13.0. The molecule has 0 saturated heterocycles. The van der Waals surface area contributed by atoms with Gasteiger partial charge in [0, 0.05) is 25.7 Å². The van der Waals surface area contributed by atoms with Crippen LogP contribution in [0.5, 0.6) is 0 Å². The van der Waals surface area contributed by atoms with Crippen molar-refractivity contribution in [3.63, 3.8) is 0 Å². The van der Waals surface area contributed by atoms with Crippen molar-refractivity contribution in [1.82, 2.24) is 0 Å². The molecule has 92 heavy (non-hydrogen) atoms. The Morgan fingerprint density at radius 2 is 0.435 bits per heavy atom. The highest BCUT2D eigenvalue weighted by atomic mass is 31.2. The van der Waals surface area contributed by atoms with E-state index >= 15 is 0 Å². The van der Waals surface area contributed by atoms with Crippen molar-refractivity contribution in [3.8, 4) is 0 Å². The number of phosphoric ester groups is 2. The number of carbonyl (C=O) groups excluding carboxylic acids is 4. The molecule has 0 aromatic carbocycles. The van der Waals surface area contributed by atoms with Crippen LogP contribution in [0.3, 0.4) is 0 Å². The number of aliphatic hydroxyl groups excluding tert-OH is 1.